The fraction of sp³-hybridized carbons (Fsp3) is 0.692. The van der Waals surface area contributed by atoms with E-state index in [1.54, 1.807) is 13.2 Å². The minimum atomic E-state index is 0. The molecule has 7 heteroatoms. The van der Waals surface area contributed by atoms with Crippen molar-refractivity contribution in [2.24, 2.45) is 12.0 Å². The summed E-state index contributed by atoms with van der Waals surface area (Å²) in [5, 5.41) is 10.9. The molecule has 0 saturated carbocycles. The SMILES string of the molecule is CN=C(NCc1ccnn1C)NCC1CCCN1C.I. The van der Waals surface area contributed by atoms with E-state index in [1.165, 1.54) is 19.4 Å². The number of halogens is 1. The van der Waals surface area contributed by atoms with Gasteiger partial charge in [-0.3, -0.25) is 9.67 Å². The molecule has 1 aromatic rings. The van der Waals surface area contributed by atoms with Gasteiger partial charge in [0.15, 0.2) is 5.96 Å². The Balaban J connectivity index is 0.00000200. The molecule has 0 radical (unpaired) electrons. The summed E-state index contributed by atoms with van der Waals surface area (Å²) >= 11 is 0. The van der Waals surface area contributed by atoms with Gasteiger partial charge in [0.1, 0.15) is 0 Å². The predicted octanol–water partition coefficient (Wildman–Crippen LogP) is 0.797. The van der Waals surface area contributed by atoms with Gasteiger partial charge in [0, 0.05) is 32.9 Å². The minimum Gasteiger partial charge on any atom is -0.355 e. The standard InChI is InChI=1S/C13H24N6.HI/c1-14-13(15-9-11-5-4-8-18(11)2)16-10-12-6-7-17-19(12)3;/h6-7,11H,4-5,8-10H2,1-3H3,(H2,14,15,16);1H. The zero-order valence-electron chi connectivity index (χ0n) is 12.5. The smallest absolute Gasteiger partial charge is 0.191 e. The normalized spacial score (nSPS) is 19.8. The molecule has 1 aliphatic rings. The van der Waals surface area contributed by atoms with Crippen LogP contribution in [-0.4, -0.2) is 53.9 Å². The molecule has 0 bridgehead atoms. The third-order valence-electron chi connectivity index (χ3n) is 3.76. The Kier molecular flexibility index (Phi) is 7.28. The average molecular weight is 392 g/mol. The first-order chi connectivity index (χ1) is 9.20. The van der Waals surface area contributed by atoms with Crippen LogP contribution in [0.2, 0.25) is 0 Å². The molecule has 2 N–H and O–H groups in total. The fourth-order valence-corrected chi connectivity index (χ4v) is 2.42. The molecule has 0 aromatic carbocycles. The average Bonchev–Trinajstić information content (AvgIpc) is 2.99. The van der Waals surface area contributed by atoms with Gasteiger partial charge in [-0.2, -0.15) is 5.10 Å². The summed E-state index contributed by atoms with van der Waals surface area (Å²) in [6.45, 7) is 2.88. The summed E-state index contributed by atoms with van der Waals surface area (Å²) in [7, 11) is 5.93. The van der Waals surface area contributed by atoms with Crippen molar-refractivity contribution in [1.29, 1.82) is 0 Å². The van der Waals surface area contributed by atoms with Crippen molar-refractivity contribution >= 4 is 29.9 Å². The van der Waals surface area contributed by atoms with Gasteiger partial charge in [-0.15, -0.1) is 24.0 Å². The molecule has 1 unspecified atom stereocenters. The monoisotopic (exact) mass is 392 g/mol. The molecule has 1 atom stereocenters. The molecule has 0 aliphatic carbocycles. The zero-order chi connectivity index (χ0) is 13.7. The van der Waals surface area contributed by atoms with E-state index in [-0.39, 0.29) is 24.0 Å². The van der Waals surface area contributed by atoms with Crippen molar-refractivity contribution in [3.8, 4) is 0 Å². The number of aryl methyl sites for hydroxylation is 1. The van der Waals surface area contributed by atoms with E-state index in [2.05, 4.69) is 32.7 Å². The van der Waals surface area contributed by atoms with Gasteiger partial charge in [-0.25, -0.2) is 0 Å². The van der Waals surface area contributed by atoms with Gasteiger partial charge in [0.25, 0.3) is 0 Å². The van der Waals surface area contributed by atoms with E-state index in [9.17, 15) is 0 Å². The number of nitrogens with zero attached hydrogens (tertiary/aromatic N) is 4. The Hall–Kier alpha value is -0.830. The molecule has 1 saturated heterocycles. The maximum absolute atomic E-state index is 4.25. The second kappa shape index (κ2) is 8.46. The number of likely N-dealkylation sites (tertiary alicyclic amines) is 1. The maximum Gasteiger partial charge on any atom is 0.191 e. The summed E-state index contributed by atoms with van der Waals surface area (Å²) in [4.78, 5) is 6.65. The van der Waals surface area contributed by atoms with E-state index in [4.69, 9.17) is 0 Å². The summed E-state index contributed by atoms with van der Waals surface area (Å²) in [5.41, 5.74) is 1.14. The van der Waals surface area contributed by atoms with Gasteiger partial charge in [-0.1, -0.05) is 0 Å². The van der Waals surface area contributed by atoms with Crippen LogP contribution in [0.4, 0.5) is 0 Å². The second-order valence-electron chi connectivity index (χ2n) is 5.03. The molecular weight excluding hydrogens is 367 g/mol. The molecule has 1 aromatic heterocycles. The number of aliphatic imine (C=N–C) groups is 1. The first-order valence-corrected chi connectivity index (χ1v) is 6.82. The van der Waals surface area contributed by atoms with Crippen molar-refractivity contribution in [2.45, 2.75) is 25.4 Å². The van der Waals surface area contributed by atoms with E-state index < -0.39 is 0 Å². The van der Waals surface area contributed by atoms with Crippen LogP contribution in [0.25, 0.3) is 0 Å². The van der Waals surface area contributed by atoms with Crippen LogP contribution in [0, 0.1) is 0 Å². The lowest BCUT2D eigenvalue weighted by atomic mass is 10.2. The molecule has 0 amide bonds. The number of rotatable bonds is 4. The number of hydrogen-bond donors (Lipinski definition) is 2. The lowest BCUT2D eigenvalue weighted by Gasteiger charge is -2.21. The lowest BCUT2D eigenvalue weighted by molar-refractivity contribution is 0.309. The first kappa shape index (κ1) is 17.2. The van der Waals surface area contributed by atoms with Crippen molar-refractivity contribution in [2.75, 3.05) is 27.2 Å². The molecular formula is C13H25IN6. The molecule has 0 spiro atoms. The van der Waals surface area contributed by atoms with Gasteiger partial charge in [-0.05, 0) is 32.5 Å². The molecule has 2 heterocycles. The van der Waals surface area contributed by atoms with Crippen molar-refractivity contribution in [3.05, 3.63) is 18.0 Å². The van der Waals surface area contributed by atoms with Gasteiger partial charge in [0.05, 0.1) is 12.2 Å². The Morgan fingerprint density at radius 2 is 2.25 bits per heavy atom. The Morgan fingerprint density at radius 1 is 1.45 bits per heavy atom. The number of guanidine groups is 1. The summed E-state index contributed by atoms with van der Waals surface area (Å²) < 4.78 is 1.87. The quantitative estimate of drug-likeness (QED) is 0.452. The Morgan fingerprint density at radius 3 is 2.80 bits per heavy atom. The highest BCUT2D eigenvalue weighted by molar-refractivity contribution is 14.0. The molecule has 1 aliphatic heterocycles. The van der Waals surface area contributed by atoms with Crippen LogP contribution < -0.4 is 10.6 Å². The number of nitrogens with one attached hydrogen (secondary N) is 2. The molecule has 1 fully saturated rings. The second-order valence-corrected chi connectivity index (χ2v) is 5.03. The first-order valence-electron chi connectivity index (χ1n) is 6.82. The van der Waals surface area contributed by atoms with E-state index >= 15 is 0 Å². The zero-order valence-corrected chi connectivity index (χ0v) is 14.8. The molecule has 114 valence electrons. The molecule has 6 nitrogen and oxygen atoms in total. The number of aromatic nitrogens is 2. The highest BCUT2D eigenvalue weighted by Gasteiger charge is 2.20. The Bertz CT molecular complexity index is 430. The predicted molar refractivity (Wildman–Crippen MR) is 92.5 cm³/mol. The van der Waals surface area contributed by atoms with Gasteiger partial charge in [0.2, 0.25) is 0 Å². The highest BCUT2D eigenvalue weighted by atomic mass is 127. The van der Waals surface area contributed by atoms with Crippen molar-refractivity contribution in [1.82, 2.24) is 25.3 Å². The maximum atomic E-state index is 4.25. The third-order valence-corrected chi connectivity index (χ3v) is 3.76. The van der Waals surface area contributed by atoms with E-state index in [1.807, 2.05) is 17.8 Å². The van der Waals surface area contributed by atoms with Crippen LogP contribution >= 0.6 is 24.0 Å². The van der Waals surface area contributed by atoms with Crippen molar-refractivity contribution in [3.63, 3.8) is 0 Å². The Labute approximate surface area is 138 Å². The van der Waals surface area contributed by atoms with Gasteiger partial charge >= 0.3 is 0 Å². The van der Waals surface area contributed by atoms with Crippen molar-refractivity contribution < 1.29 is 0 Å². The lowest BCUT2D eigenvalue weighted by Crippen LogP contribution is -2.43. The van der Waals surface area contributed by atoms with Gasteiger partial charge < -0.3 is 15.5 Å². The van der Waals surface area contributed by atoms with E-state index in [0.29, 0.717) is 6.04 Å². The number of likely N-dealkylation sites (N-methyl/N-ethyl adjacent to an activating group) is 1. The molecule has 2 rings (SSSR count). The van der Waals surface area contributed by atoms with Crippen LogP contribution in [-0.2, 0) is 13.6 Å². The number of hydrogen-bond acceptors (Lipinski definition) is 3. The summed E-state index contributed by atoms with van der Waals surface area (Å²) in [6.07, 6.45) is 4.37. The van der Waals surface area contributed by atoms with Crippen LogP contribution in [0.3, 0.4) is 0 Å². The fourth-order valence-electron chi connectivity index (χ4n) is 2.42. The topological polar surface area (TPSA) is 57.5 Å². The van der Waals surface area contributed by atoms with Crippen LogP contribution in [0.5, 0.6) is 0 Å². The summed E-state index contributed by atoms with van der Waals surface area (Å²) in [5.74, 6) is 0.849. The largest absolute Gasteiger partial charge is 0.355 e. The third kappa shape index (κ3) is 4.62. The van der Waals surface area contributed by atoms with Crippen LogP contribution in [0.1, 0.15) is 18.5 Å². The minimum absolute atomic E-state index is 0. The van der Waals surface area contributed by atoms with Crippen LogP contribution in [0.15, 0.2) is 17.3 Å². The van der Waals surface area contributed by atoms with E-state index in [0.717, 1.165) is 24.7 Å². The highest BCUT2D eigenvalue weighted by Crippen LogP contribution is 2.13. The summed E-state index contributed by atoms with van der Waals surface area (Å²) in [6, 6.07) is 2.63. The molecule has 20 heavy (non-hydrogen) atoms.